The van der Waals surface area contributed by atoms with Crippen LogP contribution in [0.3, 0.4) is 0 Å². The van der Waals surface area contributed by atoms with Gasteiger partial charge in [0.15, 0.2) is 11.6 Å². The molecule has 0 aliphatic rings. The molecule has 0 amide bonds. The van der Waals surface area contributed by atoms with Crippen LogP contribution in [-0.4, -0.2) is 6.61 Å². The third-order valence-electron chi connectivity index (χ3n) is 1.23. The van der Waals surface area contributed by atoms with Crippen molar-refractivity contribution in [3.05, 3.63) is 24.0 Å². The predicted molar refractivity (Wildman–Crippen MR) is 40.3 cm³/mol. The monoisotopic (exact) mass is 154 g/mol. The predicted octanol–water partition coefficient (Wildman–Crippen LogP) is 2.14. The van der Waals surface area contributed by atoms with E-state index in [1.54, 1.807) is 6.92 Å². The van der Waals surface area contributed by atoms with Crippen molar-refractivity contribution >= 4 is 5.69 Å². The lowest BCUT2D eigenvalue weighted by molar-refractivity contribution is 0.321. The summed E-state index contributed by atoms with van der Waals surface area (Å²) in [5.41, 5.74) is 7.42. The fourth-order valence-corrected chi connectivity index (χ4v) is 0.769. The summed E-state index contributed by atoms with van der Waals surface area (Å²) in [7, 11) is 0. The fraction of sp³-hybridized carbons (Fsp3) is 0.250. The van der Waals surface area contributed by atoms with Crippen LogP contribution < -0.4 is 10.5 Å². The van der Waals surface area contributed by atoms with Crippen LogP contribution >= 0.6 is 0 Å². The zero-order valence-electron chi connectivity index (χ0n) is 6.23. The van der Waals surface area contributed by atoms with E-state index in [2.05, 4.69) is 0 Å². The SMILES string of the molecule is CCOc1cc([NH])ccc1F. The molecule has 0 aromatic heterocycles. The lowest BCUT2D eigenvalue weighted by atomic mass is 10.3. The van der Waals surface area contributed by atoms with Gasteiger partial charge in [-0.1, -0.05) is 0 Å². The molecule has 59 valence electrons. The maximum Gasteiger partial charge on any atom is 0.165 e. The van der Waals surface area contributed by atoms with Crippen LogP contribution in [0.4, 0.5) is 10.1 Å². The number of halogens is 1. The minimum absolute atomic E-state index is 0.153. The molecule has 0 unspecified atom stereocenters. The third-order valence-corrected chi connectivity index (χ3v) is 1.23. The summed E-state index contributed by atoms with van der Waals surface area (Å²) < 4.78 is 17.7. The first-order valence-corrected chi connectivity index (χ1v) is 3.38. The highest BCUT2D eigenvalue weighted by Crippen LogP contribution is 2.20. The van der Waals surface area contributed by atoms with Gasteiger partial charge in [0, 0.05) is 6.07 Å². The Morgan fingerprint density at radius 1 is 1.55 bits per heavy atom. The van der Waals surface area contributed by atoms with Gasteiger partial charge in [0.1, 0.15) is 0 Å². The highest BCUT2D eigenvalue weighted by atomic mass is 19.1. The molecule has 1 N–H and O–H groups in total. The second-order valence-electron chi connectivity index (χ2n) is 2.08. The van der Waals surface area contributed by atoms with Crippen molar-refractivity contribution in [3.8, 4) is 5.75 Å². The number of hydrogen-bond donors (Lipinski definition) is 0. The van der Waals surface area contributed by atoms with Crippen LogP contribution in [0.25, 0.3) is 0 Å². The van der Waals surface area contributed by atoms with E-state index in [1.165, 1.54) is 18.2 Å². The van der Waals surface area contributed by atoms with Gasteiger partial charge < -0.3 is 10.5 Å². The van der Waals surface area contributed by atoms with Crippen LogP contribution in [0.1, 0.15) is 6.92 Å². The standard InChI is InChI=1S/C8H9FNO/c1-2-11-8-5-6(10)3-4-7(8)9/h3-5,10H,2H2,1H3. The minimum Gasteiger partial charge on any atom is -0.491 e. The smallest absolute Gasteiger partial charge is 0.165 e. The lowest BCUT2D eigenvalue weighted by Crippen LogP contribution is -1.93. The van der Waals surface area contributed by atoms with Crippen LogP contribution in [0, 0.1) is 5.82 Å². The Morgan fingerprint density at radius 2 is 2.27 bits per heavy atom. The molecule has 2 nitrogen and oxygen atoms in total. The number of ether oxygens (including phenoxy) is 1. The molecule has 0 aliphatic carbocycles. The van der Waals surface area contributed by atoms with Crippen LogP contribution in [0.5, 0.6) is 5.75 Å². The van der Waals surface area contributed by atoms with Gasteiger partial charge in [0.2, 0.25) is 0 Å². The van der Waals surface area contributed by atoms with Crippen molar-refractivity contribution in [1.82, 2.24) is 5.73 Å². The molecule has 1 rings (SSSR count). The zero-order chi connectivity index (χ0) is 8.27. The maximum atomic E-state index is 12.7. The molecule has 1 aromatic rings. The van der Waals surface area contributed by atoms with E-state index >= 15 is 0 Å². The summed E-state index contributed by atoms with van der Waals surface area (Å²) in [6.45, 7) is 2.19. The van der Waals surface area contributed by atoms with Crippen molar-refractivity contribution in [1.29, 1.82) is 0 Å². The van der Waals surface area contributed by atoms with Crippen molar-refractivity contribution in [2.24, 2.45) is 0 Å². The first kappa shape index (κ1) is 7.85. The molecule has 0 bridgehead atoms. The van der Waals surface area contributed by atoms with E-state index in [0.29, 0.717) is 6.61 Å². The van der Waals surface area contributed by atoms with Gasteiger partial charge in [-0.2, -0.15) is 0 Å². The van der Waals surface area contributed by atoms with E-state index in [4.69, 9.17) is 10.5 Å². The van der Waals surface area contributed by atoms with Crippen LogP contribution in [0.2, 0.25) is 0 Å². The minimum atomic E-state index is -0.414. The van der Waals surface area contributed by atoms with E-state index in [0.717, 1.165) is 0 Å². The summed E-state index contributed by atoms with van der Waals surface area (Å²) in [5, 5.41) is 0. The van der Waals surface area contributed by atoms with E-state index < -0.39 is 5.82 Å². The number of benzene rings is 1. The molecule has 0 atom stereocenters. The molecular formula is C8H9FNO. The van der Waals surface area contributed by atoms with E-state index in [-0.39, 0.29) is 11.4 Å². The molecule has 1 radical (unpaired) electrons. The van der Waals surface area contributed by atoms with Crippen molar-refractivity contribution in [3.63, 3.8) is 0 Å². The summed E-state index contributed by atoms with van der Waals surface area (Å²) in [4.78, 5) is 0. The van der Waals surface area contributed by atoms with Gasteiger partial charge in [-0.05, 0) is 19.1 Å². The van der Waals surface area contributed by atoms with Gasteiger partial charge in [-0.25, -0.2) is 4.39 Å². The molecular weight excluding hydrogens is 145 g/mol. The number of nitrogens with one attached hydrogen (secondary N) is 1. The Labute approximate surface area is 64.8 Å². The van der Waals surface area contributed by atoms with Gasteiger partial charge in [-0.3, -0.25) is 0 Å². The van der Waals surface area contributed by atoms with Crippen molar-refractivity contribution < 1.29 is 9.13 Å². The first-order valence-electron chi connectivity index (χ1n) is 3.38. The lowest BCUT2D eigenvalue weighted by Gasteiger charge is -2.03. The largest absolute Gasteiger partial charge is 0.491 e. The summed E-state index contributed by atoms with van der Waals surface area (Å²) in [6.07, 6.45) is 0. The Kier molecular flexibility index (Phi) is 2.31. The Balaban J connectivity index is 2.93. The third kappa shape index (κ3) is 1.83. The molecule has 0 saturated carbocycles. The van der Waals surface area contributed by atoms with Gasteiger partial charge >= 0.3 is 0 Å². The molecule has 3 heteroatoms. The van der Waals surface area contributed by atoms with E-state index in [1.807, 2.05) is 0 Å². The molecule has 11 heavy (non-hydrogen) atoms. The average Bonchev–Trinajstić information content (AvgIpc) is 1.98. The van der Waals surface area contributed by atoms with Gasteiger partial charge in [0.25, 0.3) is 0 Å². The molecule has 0 fully saturated rings. The second-order valence-corrected chi connectivity index (χ2v) is 2.08. The summed E-state index contributed by atoms with van der Waals surface area (Å²) in [5.74, 6) is -0.261. The maximum absolute atomic E-state index is 12.7. The molecule has 0 spiro atoms. The highest BCUT2D eigenvalue weighted by Gasteiger charge is 2.01. The first-order chi connectivity index (χ1) is 5.24. The van der Waals surface area contributed by atoms with Crippen LogP contribution in [0.15, 0.2) is 18.2 Å². The topological polar surface area (TPSA) is 33.0 Å². The van der Waals surface area contributed by atoms with E-state index in [9.17, 15) is 4.39 Å². The molecule has 0 heterocycles. The Bertz CT molecular complexity index is 250. The van der Waals surface area contributed by atoms with Gasteiger partial charge in [0.05, 0.1) is 12.3 Å². The van der Waals surface area contributed by atoms with Crippen molar-refractivity contribution in [2.45, 2.75) is 6.92 Å². The Morgan fingerprint density at radius 3 is 2.91 bits per heavy atom. The normalized spacial score (nSPS) is 9.64. The summed E-state index contributed by atoms with van der Waals surface area (Å²) >= 11 is 0. The summed E-state index contributed by atoms with van der Waals surface area (Å²) in [6, 6.07) is 3.98. The second kappa shape index (κ2) is 3.23. The highest BCUT2D eigenvalue weighted by molar-refractivity contribution is 5.41. The number of hydrogen-bond acceptors (Lipinski definition) is 1. The zero-order valence-corrected chi connectivity index (χ0v) is 6.23. The molecule has 1 aromatic carbocycles. The quantitative estimate of drug-likeness (QED) is 0.642. The number of rotatable bonds is 2. The van der Waals surface area contributed by atoms with Crippen molar-refractivity contribution in [2.75, 3.05) is 6.61 Å². The average molecular weight is 154 g/mol. The van der Waals surface area contributed by atoms with Crippen LogP contribution in [-0.2, 0) is 0 Å². The fourth-order valence-electron chi connectivity index (χ4n) is 0.769. The Hall–Kier alpha value is -1.25. The molecule has 0 saturated heterocycles. The molecule has 0 aliphatic heterocycles. The van der Waals surface area contributed by atoms with Gasteiger partial charge in [-0.15, -0.1) is 0 Å².